The van der Waals surface area contributed by atoms with Crippen LogP contribution in [-0.2, 0) is 6.54 Å². The van der Waals surface area contributed by atoms with Gasteiger partial charge in [0.15, 0.2) is 0 Å². The standard InChI is InChI=1S/C17H26N6O/c1-12(11-22-8-5-7-19-22)10-18-17(24)23-9-4-6-15(23)16-13(2)20-21-14(16)3/h5,7-8,12,15H,4,6,9-11H2,1-3H3,(H,18,24)(H,20,21)/t12-,15+/m1/s1. The maximum Gasteiger partial charge on any atom is 0.317 e. The van der Waals surface area contributed by atoms with Gasteiger partial charge in [-0.05, 0) is 38.7 Å². The van der Waals surface area contributed by atoms with E-state index < -0.39 is 0 Å². The van der Waals surface area contributed by atoms with Crippen molar-refractivity contribution in [2.45, 2.75) is 46.2 Å². The van der Waals surface area contributed by atoms with E-state index in [1.54, 1.807) is 6.20 Å². The number of nitrogens with one attached hydrogen (secondary N) is 2. The minimum Gasteiger partial charge on any atom is -0.338 e. The van der Waals surface area contributed by atoms with Gasteiger partial charge in [-0.15, -0.1) is 0 Å². The number of likely N-dealkylation sites (tertiary alicyclic amines) is 1. The smallest absolute Gasteiger partial charge is 0.317 e. The number of aromatic amines is 1. The van der Waals surface area contributed by atoms with Crippen LogP contribution in [0.3, 0.4) is 0 Å². The van der Waals surface area contributed by atoms with Gasteiger partial charge in [0.25, 0.3) is 0 Å². The number of hydrogen-bond donors (Lipinski definition) is 2. The molecule has 0 aromatic carbocycles. The lowest BCUT2D eigenvalue weighted by Gasteiger charge is -2.26. The molecule has 2 N–H and O–H groups in total. The number of carbonyl (C=O) groups excluding carboxylic acids is 1. The molecule has 0 unspecified atom stereocenters. The average Bonchev–Trinajstić information content (AvgIpc) is 3.27. The van der Waals surface area contributed by atoms with E-state index in [-0.39, 0.29) is 12.1 Å². The highest BCUT2D eigenvalue weighted by Crippen LogP contribution is 2.34. The Morgan fingerprint density at radius 1 is 1.50 bits per heavy atom. The van der Waals surface area contributed by atoms with Gasteiger partial charge >= 0.3 is 6.03 Å². The van der Waals surface area contributed by atoms with Crippen LogP contribution in [0.2, 0.25) is 0 Å². The van der Waals surface area contributed by atoms with Crippen LogP contribution in [0.15, 0.2) is 18.5 Å². The zero-order valence-corrected chi connectivity index (χ0v) is 14.6. The molecule has 1 fully saturated rings. The molecule has 2 amide bonds. The van der Waals surface area contributed by atoms with Crippen molar-refractivity contribution in [2.24, 2.45) is 5.92 Å². The molecule has 0 radical (unpaired) electrons. The minimum atomic E-state index is 0.0183. The summed E-state index contributed by atoms with van der Waals surface area (Å²) in [5.74, 6) is 0.326. The predicted molar refractivity (Wildman–Crippen MR) is 91.5 cm³/mol. The molecule has 1 saturated heterocycles. The van der Waals surface area contributed by atoms with Crippen LogP contribution in [0, 0.1) is 19.8 Å². The van der Waals surface area contributed by atoms with Gasteiger partial charge in [0.1, 0.15) is 0 Å². The summed E-state index contributed by atoms with van der Waals surface area (Å²) < 4.78 is 1.90. The fourth-order valence-corrected chi connectivity index (χ4v) is 3.52. The Bertz CT molecular complexity index is 658. The molecular formula is C17H26N6O. The predicted octanol–water partition coefficient (Wildman–Crippen LogP) is 2.41. The molecule has 7 nitrogen and oxygen atoms in total. The van der Waals surface area contributed by atoms with Gasteiger partial charge in [-0.3, -0.25) is 9.78 Å². The molecule has 0 bridgehead atoms. The van der Waals surface area contributed by atoms with Crippen LogP contribution in [0.1, 0.15) is 42.8 Å². The summed E-state index contributed by atoms with van der Waals surface area (Å²) in [6, 6.07) is 2.06. The average molecular weight is 330 g/mol. The van der Waals surface area contributed by atoms with Crippen LogP contribution < -0.4 is 5.32 Å². The van der Waals surface area contributed by atoms with E-state index >= 15 is 0 Å². The normalized spacial score (nSPS) is 18.8. The summed E-state index contributed by atoms with van der Waals surface area (Å²) in [4.78, 5) is 14.6. The number of amides is 2. The van der Waals surface area contributed by atoms with Crippen LogP contribution in [0.5, 0.6) is 0 Å². The highest BCUT2D eigenvalue weighted by atomic mass is 16.2. The molecule has 7 heteroatoms. The van der Waals surface area contributed by atoms with Crippen molar-refractivity contribution in [2.75, 3.05) is 13.1 Å². The highest BCUT2D eigenvalue weighted by molar-refractivity contribution is 5.75. The minimum absolute atomic E-state index is 0.0183. The molecular weight excluding hydrogens is 304 g/mol. The van der Waals surface area contributed by atoms with E-state index in [2.05, 4.69) is 27.5 Å². The molecule has 1 aliphatic heterocycles. The Balaban J connectivity index is 1.58. The second-order valence-corrected chi connectivity index (χ2v) is 6.72. The summed E-state index contributed by atoms with van der Waals surface area (Å²) in [6.45, 7) is 8.39. The molecule has 2 atom stereocenters. The third-order valence-electron chi connectivity index (χ3n) is 4.69. The largest absolute Gasteiger partial charge is 0.338 e. The lowest BCUT2D eigenvalue weighted by Crippen LogP contribution is -2.41. The first kappa shape index (κ1) is 16.5. The summed E-state index contributed by atoms with van der Waals surface area (Å²) in [7, 11) is 0. The fourth-order valence-electron chi connectivity index (χ4n) is 3.52. The van der Waals surface area contributed by atoms with Gasteiger partial charge < -0.3 is 10.2 Å². The first-order chi connectivity index (χ1) is 11.6. The highest BCUT2D eigenvalue weighted by Gasteiger charge is 2.32. The fraction of sp³-hybridized carbons (Fsp3) is 0.588. The molecule has 24 heavy (non-hydrogen) atoms. The second-order valence-electron chi connectivity index (χ2n) is 6.72. The number of urea groups is 1. The third kappa shape index (κ3) is 3.44. The quantitative estimate of drug-likeness (QED) is 0.883. The van der Waals surface area contributed by atoms with Gasteiger partial charge in [0, 0.05) is 43.3 Å². The topological polar surface area (TPSA) is 78.8 Å². The Hall–Kier alpha value is -2.31. The first-order valence-electron chi connectivity index (χ1n) is 8.59. The third-order valence-corrected chi connectivity index (χ3v) is 4.69. The van der Waals surface area contributed by atoms with E-state index in [4.69, 9.17) is 0 Å². The molecule has 2 aromatic heterocycles. The van der Waals surface area contributed by atoms with Crippen molar-refractivity contribution in [3.05, 3.63) is 35.4 Å². The van der Waals surface area contributed by atoms with Crippen LogP contribution in [0.4, 0.5) is 4.79 Å². The molecule has 0 saturated carbocycles. The Morgan fingerprint density at radius 2 is 2.33 bits per heavy atom. The van der Waals surface area contributed by atoms with Crippen molar-refractivity contribution < 1.29 is 4.79 Å². The van der Waals surface area contributed by atoms with E-state index in [0.29, 0.717) is 12.5 Å². The summed E-state index contributed by atoms with van der Waals surface area (Å²) >= 11 is 0. The molecule has 3 rings (SSSR count). The second kappa shape index (κ2) is 7.07. The molecule has 0 aliphatic carbocycles. The Kier molecular flexibility index (Phi) is 4.87. The molecule has 2 aromatic rings. The SMILES string of the molecule is Cc1n[nH]c(C)c1[C@@H]1CCCN1C(=O)NC[C@@H](C)Cn1cccn1. The van der Waals surface area contributed by atoms with E-state index in [1.165, 1.54) is 5.56 Å². The van der Waals surface area contributed by atoms with Gasteiger partial charge in [0.05, 0.1) is 11.7 Å². The zero-order chi connectivity index (χ0) is 17.1. The van der Waals surface area contributed by atoms with Gasteiger partial charge in [-0.1, -0.05) is 6.92 Å². The van der Waals surface area contributed by atoms with Crippen LogP contribution >= 0.6 is 0 Å². The molecule has 0 spiro atoms. The van der Waals surface area contributed by atoms with Crippen molar-refractivity contribution >= 4 is 6.03 Å². The number of carbonyl (C=O) groups is 1. The van der Waals surface area contributed by atoms with Crippen molar-refractivity contribution in [3.63, 3.8) is 0 Å². The van der Waals surface area contributed by atoms with Crippen LogP contribution in [-0.4, -0.2) is 44.0 Å². The van der Waals surface area contributed by atoms with E-state index in [1.807, 2.05) is 35.7 Å². The van der Waals surface area contributed by atoms with Gasteiger partial charge in [-0.25, -0.2) is 4.79 Å². The maximum absolute atomic E-state index is 12.6. The number of aryl methyl sites for hydroxylation is 2. The van der Waals surface area contributed by atoms with Crippen LogP contribution in [0.25, 0.3) is 0 Å². The van der Waals surface area contributed by atoms with Gasteiger partial charge in [0.2, 0.25) is 0 Å². The number of H-pyrrole nitrogens is 1. The number of hydrogen-bond acceptors (Lipinski definition) is 3. The number of rotatable bonds is 5. The van der Waals surface area contributed by atoms with Crippen molar-refractivity contribution in [1.82, 2.24) is 30.2 Å². The zero-order valence-electron chi connectivity index (χ0n) is 14.6. The lowest BCUT2D eigenvalue weighted by atomic mass is 10.0. The summed E-state index contributed by atoms with van der Waals surface area (Å²) in [5.41, 5.74) is 3.22. The van der Waals surface area contributed by atoms with Gasteiger partial charge in [-0.2, -0.15) is 10.2 Å². The lowest BCUT2D eigenvalue weighted by molar-refractivity contribution is 0.190. The molecule has 1 aliphatic rings. The molecule has 130 valence electrons. The van der Waals surface area contributed by atoms with E-state index in [0.717, 1.165) is 37.3 Å². The Labute approximate surface area is 142 Å². The summed E-state index contributed by atoms with van der Waals surface area (Å²) in [6.07, 6.45) is 5.75. The number of nitrogens with zero attached hydrogens (tertiary/aromatic N) is 4. The first-order valence-corrected chi connectivity index (χ1v) is 8.59. The molecule has 3 heterocycles. The maximum atomic E-state index is 12.6. The van der Waals surface area contributed by atoms with E-state index in [9.17, 15) is 4.79 Å². The Morgan fingerprint density at radius 3 is 3.00 bits per heavy atom. The summed E-state index contributed by atoms with van der Waals surface area (Å²) in [5, 5.41) is 14.6. The van der Waals surface area contributed by atoms with Crippen molar-refractivity contribution in [3.8, 4) is 0 Å². The number of aromatic nitrogens is 4. The van der Waals surface area contributed by atoms with Crippen molar-refractivity contribution in [1.29, 1.82) is 0 Å². The monoisotopic (exact) mass is 330 g/mol.